The maximum Gasteiger partial charge on any atom is 0.389 e. The molecule has 1 N–H and O–H groups in total. The van der Waals surface area contributed by atoms with Crippen LogP contribution >= 0.6 is 18.2 Å². The molecule has 0 aliphatic heterocycles. The van der Waals surface area contributed by atoms with E-state index in [1.165, 1.54) is 11.4 Å². The average molecular weight is 446 g/mol. The van der Waals surface area contributed by atoms with Crippen LogP contribution in [0, 0.1) is 0 Å². The second-order valence-electron chi connectivity index (χ2n) is 7.30. The van der Waals surface area contributed by atoms with Gasteiger partial charge in [-0.2, -0.15) is 0 Å². The van der Waals surface area contributed by atoms with E-state index in [0.717, 1.165) is 5.56 Å². The number of carbonyl (C=O) groups is 1. The molecule has 0 heterocycles. The van der Waals surface area contributed by atoms with Gasteiger partial charge in [0, 0.05) is 23.4 Å². The van der Waals surface area contributed by atoms with Gasteiger partial charge in [-0.1, -0.05) is 12.1 Å². The molecule has 29 heavy (non-hydrogen) atoms. The zero-order valence-electron chi connectivity index (χ0n) is 18.5. The summed E-state index contributed by atoms with van der Waals surface area (Å²) in [5.41, 5.74) is 1.39. The standard InChI is InChI=1S/C21H36NO5PS/c1-7-26-28(25,27-8-2)29-15-9-10-20(23)18-11-13-19(14-12-18)21(24)22(16(3)4)17(5)6/h11-14,16-17,20,23H,7-10,15H2,1-6H3/t20-/m1/s1. The highest BCUT2D eigenvalue weighted by molar-refractivity contribution is 8.55. The second kappa shape index (κ2) is 12.8. The largest absolute Gasteiger partial charge is 0.389 e. The molecule has 0 saturated heterocycles. The van der Waals surface area contributed by atoms with Crippen molar-refractivity contribution >= 4 is 24.1 Å². The Balaban J connectivity index is 2.61. The van der Waals surface area contributed by atoms with Crippen molar-refractivity contribution in [3.05, 3.63) is 35.4 Å². The topological polar surface area (TPSA) is 76.1 Å². The van der Waals surface area contributed by atoms with E-state index in [1.54, 1.807) is 38.1 Å². The molecule has 1 atom stereocenters. The summed E-state index contributed by atoms with van der Waals surface area (Å²) in [6.45, 7) is 9.15. The monoisotopic (exact) mass is 445 g/mol. The first-order chi connectivity index (χ1) is 13.6. The van der Waals surface area contributed by atoms with Crippen molar-refractivity contribution in [2.24, 2.45) is 0 Å². The molecule has 1 aromatic rings. The van der Waals surface area contributed by atoms with Crippen molar-refractivity contribution < 1.29 is 23.5 Å². The molecule has 1 rings (SSSR count). The predicted octanol–water partition coefficient (Wildman–Crippen LogP) is 5.67. The summed E-state index contributed by atoms with van der Waals surface area (Å²) in [5.74, 6) is 0.567. The lowest BCUT2D eigenvalue weighted by Gasteiger charge is -2.31. The van der Waals surface area contributed by atoms with Gasteiger partial charge in [0.05, 0.1) is 19.3 Å². The maximum absolute atomic E-state index is 12.7. The van der Waals surface area contributed by atoms with E-state index in [0.29, 0.717) is 37.4 Å². The van der Waals surface area contributed by atoms with Crippen molar-refractivity contribution in [3.8, 4) is 0 Å². The number of aliphatic hydroxyl groups excluding tert-OH is 1. The second-order valence-corrected chi connectivity index (χ2v) is 11.5. The van der Waals surface area contributed by atoms with Crippen LogP contribution in [0.2, 0.25) is 0 Å². The maximum atomic E-state index is 12.7. The van der Waals surface area contributed by atoms with Crippen LogP contribution in [0.15, 0.2) is 24.3 Å². The van der Waals surface area contributed by atoms with Gasteiger partial charge < -0.3 is 19.1 Å². The summed E-state index contributed by atoms with van der Waals surface area (Å²) in [6, 6.07) is 7.38. The van der Waals surface area contributed by atoms with Gasteiger partial charge in [-0.05, 0) is 83.5 Å². The zero-order valence-corrected chi connectivity index (χ0v) is 20.2. The molecule has 0 aromatic heterocycles. The van der Waals surface area contributed by atoms with Crippen LogP contribution in [0.3, 0.4) is 0 Å². The Morgan fingerprint density at radius 3 is 2.03 bits per heavy atom. The molecule has 0 saturated carbocycles. The van der Waals surface area contributed by atoms with Gasteiger partial charge in [-0.3, -0.25) is 4.79 Å². The van der Waals surface area contributed by atoms with E-state index < -0.39 is 12.9 Å². The summed E-state index contributed by atoms with van der Waals surface area (Å²) in [6.07, 6.45) is 0.568. The van der Waals surface area contributed by atoms with E-state index in [9.17, 15) is 14.5 Å². The van der Waals surface area contributed by atoms with E-state index in [1.807, 2.05) is 32.6 Å². The molecule has 1 amide bonds. The first-order valence-electron chi connectivity index (χ1n) is 10.3. The molecular formula is C21H36NO5PS. The van der Waals surface area contributed by atoms with Crippen molar-refractivity contribution in [1.29, 1.82) is 0 Å². The fourth-order valence-corrected chi connectivity index (χ4v) is 6.62. The van der Waals surface area contributed by atoms with Gasteiger partial charge in [-0.15, -0.1) is 0 Å². The molecule has 1 aromatic carbocycles. The third-order valence-electron chi connectivity index (χ3n) is 4.34. The Labute approximate surface area is 179 Å². The molecule has 0 bridgehead atoms. The number of hydrogen-bond acceptors (Lipinski definition) is 6. The number of aliphatic hydroxyl groups is 1. The normalized spacial score (nSPS) is 13.1. The van der Waals surface area contributed by atoms with Crippen molar-refractivity contribution in [1.82, 2.24) is 4.90 Å². The molecule has 0 spiro atoms. The summed E-state index contributed by atoms with van der Waals surface area (Å²) < 4.78 is 22.9. The van der Waals surface area contributed by atoms with Crippen LogP contribution in [0.1, 0.15) is 76.4 Å². The van der Waals surface area contributed by atoms with Crippen molar-refractivity contribution in [3.63, 3.8) is 0 Å². The molecular weight excluding hydrogens is 409 g/mol. The zero-order chi connectivity index (χ0) is 22.0. The quantitative estimate of drug-likeness (QED) is 0.311. The summed E-state index contributed by atoms with van der Waals surface area (Å²) in [5, 5.41) is 10.4. The average Bonchev–Trinajstić information content (AvgIpc) is 2.65. The minimum atomic E-state index is -3.10. The Bertz CT molecular complexity index is 648. The van der Waals surface area contributed by atoms with E-state index in [-0.39, 0.29) is 18.0 Å². The minimum Gasteiger partial charge on any atom is -0.388 e. The van der Waals surface area contributed by atoms with Crippen LogP contribution in [-0.4, -0.2) is 47.0 Å². The number of benzene rings is 1. The molecule has 0 fully saturated rings. The molecule has 8 heteroatoms. The predicted molar refractivity (Wildman–Crippen MR) is 120 cm³/mol. The van der Waals surface area contributed by atoms with Crippen molar-refractivity contribution in [2.45, 2.75) is 72.6 Å². The SMILES string of the molecule is CCOP(=O)(OCC)SCCC[C@@H](O)c1ccc(C(=O)N(C(C)C)C(C)C)cc1. The summed E-state index contributed by atoms with van der Waals surface area (Å²) in [7, 11) is 0. The van der Waals surface area contributed by atoms with E-state index in [2.05, 4.69) is 0 Å². The van der Waals surface area contributed by atoms with Crippen molar-refractivity contribution in [2.75, 3.05) is 19.0 Å². The highest BCUT2D eigenvalue weighted by Crippen LogP contribution is 2.60. The van der Waals surface area contributed by atoms with Crippen LogP contribution in [0.4, 0.5) is 0 Å². The Morgan fingerprint density at radius 1 is 1.07 bits per heavy atom. The third kappa shape index (κ3) is 8.42. The van der Waals surface area contributed by atoms with Gasteiger partial charge in [0.15, 0.2) is 0 Å². The van der Waals surface area contributed by atoms with Gasteiger partial charge in [0.1, 0.15) is 0 Å². The van der Waals surface area contributed by atoms with Crippen LogP contribution in [-0.2, 0) is 13.6 Å². The number of carbonyl (C=O) groups excluding carboxylic acids is 1. The van der Waals surface area contributed by atoms with E-state index >= 15 is 0 Å². The lowest BCUT2D eigenvalue weighted by Crippen LogP contribution is -2.42. The summed E-state index contributed by atoms with van der Waals surface area (Å²) >= 11 is 1.17. The Morgan fingerprint density at radius 2 is 1.59 bits per heavy atom. The molecule has 166 valence electrons. The Hall–Kier alpha value is -0.850. The molecule has 0 aliphatic carbocycles. The van der Waals surface area contributed by atoms with Crippen LogP contribution in [0.5, 0.6) is 0 Å². The molecule has 0 aliphatic rings. The van der Waals surface area contributed by atoms with Gasteiger partial charge in [0.2, 0.25) is 0 Å². The Kier molecular flexibility index (Phi) is 11.5. The third-order valence-corrected chi connectivity index (χ3v) is 8.40. The fraction of sp³-hybridized carbons (Fsp3) is 0.667. The highest BCUT2D eigenvalue weighted by Gasteiger charge is 2.24. The molecule has 0 unspecified atom stereocenters. The lowest BCUT2D eigenvalue weighted by atomic mass is 10.0. The number of nitrogens with zero attached hydrogens (tertiary/aromatic N) is 1. The number of rotatable bonds is 13. The minimum absolute atomic E-state index is 0.00459. The number of amides is 1. The summed E-state index contributed by atoms with van der Waals surface area (Å²) in [4.78, 5) is 14.6. The van der Waals surface area contributed by atoms with Crippen LogP contribution < -0.4 is 0 Å². The lowest BCUT2D eigenvalue weighted by molar-refractivity contribution is 0.0643. The van der Waals surface area contributed by atoms with Gasteiger partial charge in [0.25, 0.3) is 5.91 Å². The number of hydrogen-bond donors (Lipinski definition) is 1. The first-order valence-corrected chi connectivity index (χ1v) is 13.4. The van der Waals surface area contributed by atoms with Crippen LogP contribution in [0.25, 0.3) is 0 Å². The van der Waals surface area contributed by atoms with Gasteiger partial charge >= 0.3 is 6.80 Å². The fourth-order valence-electron chi connectivity index (χ4n) is 3.11. The molecule has 0 radical (unpaired) electrons. The first kappa shape index (κ1) is 26.2. The smallest absolute Gasteiger partial charge is 0.388 e. The molecule has 6 nitrogen and oxygen atoms in total. The van der Waals surface area contributed by atoms with E-state index in [4.69, 9.17) is 9.05 Å². The van der Waals surface area contributed by atoms with Gasteiger partial charge in [-0.25, -0.2) is 4.57 Å². The highest BCUT2D eigenvalue weighted by atomic mass is 32.7.